The first-order valence-electron chi connectivity index (χ1n) is 9.02. The zero-order valence-electron chi connectivity index (χ0n) is 15.4. The van der Waals surface area contributed by atoms with E-state index < -0.39 is 0 Å². The van der Waals surface area contributed by atoms with Crippen molar-refractivity contribution in [3.8, 4) is 0 Å². The van der Waals surface area contributed by atoms with Crippen LogP contribution in [0.1, 0.15) is 29.0 Å². The summed E-state index contributed by atoms with van der Waals surface area (Å²) >= 11 is 2.84. The number of fused-ring (bicyclic) bond motifs is 1. The first-order valence-corrected chi connectivity index (χ1v) is 10.8. The van der Waals surface area contributed by atoms with E-state index in [9.17, 15) is 4.79 Å². The molecule has 9 heteroatoms. The van der Waals surface area contributed by atoms with Crippen LogP contribution in [0.15, 0.2) is 67.0 Å². The Morgan fingerprint density at radius 3 is 2.93 bits per heavy atom. The average Bonchev–Trinajstić information content (AvgIpc) is 3.51. The topological polar surface area (TPSA) is 84.7 Å². The highest BCUT2D eigenvalue weighted by molar-refractivity contribution is 8.01. The minimum atomic E-state index is -0.294. The highest BCUT2D eigenvalue weighted by Gasteiger charge is 2.36. The number of hydrogen-bond acceptors (Lipinski definition) is 8. The molecular weight excluding hydrogens is 408 g/mol. The van der Waals surface area contributed by atoms with Crippen molar-refractivity contribution in [1.29, 1.82) is 0 Å². The van der Waals surface area contributed by atoms with Gasteiger partial charge in [0, 0.05) is 11.8 Å². The van der Waals surface area contributed by atoms with Crippen molar-refractivity contribution < 1.29 is 13.6 Å². The van der Waals surface area contributed by atoms with E-state index in [1.165, 1.54) is 28.1 Å². The van der Waals surface area contributed by atoms with Crippen molar-refractivity contribution in [2.75, 3.05) is 5.75 Å². The molecule has 29 heavy (non-hydrogen) atoms. The summed E-state index contributed by atoms with van der Waals surface area (Å²) in [5.41, 5.74) is 1.53. The van der Waals surface area contributed by atoms with E-state index in [4.69, 9.17) is 8.83 Å². The fourth-order valence-corrected chi connectivity index (χ4v) is 4.91. The van der Waals surface area contributed by atoms with Gasteiger partial charge in [-0.3, -0.25) is 4.79 Å². The second-order valence-electron chi connectivity index (χ2n) is 6.54. The van der Waals surface area contributed by atoms with E-state index in [-0.39, 0.29) is 17.7 Å². The molecule has 0 saturated carbocycles. The lowest BCUT2D eigenvalue weighted by Crippen LogP contribution is -2.28. The van der Waals surface area contributed by atoms with Crippen LogP contribution in [0.2, 0.25) is 0 Å². The third-order valence-electron chi connectivity index (χ3n) is 4.57. The summed E-state index contributed by atoms with van der Waals surface area (Å²) in [6.45, 7) is 1.89. The number of nitrogens with zero attached hydrogens (tertiary/aromatic N) is 4. The molecule has 1 unspecified atom stereocenters. The molecule has 0 saturated heterocycles. The highest BCUT2D eigenvalue weighted by Crippen LogP contribution is 2.35. The van der Waals surface area contributed by atoms with Crippen LogP contribution in [-0.4, -0.2) is 32.6 Å². The standard InChI is InChI=1S/C20H16N4O3S2/c1-12-21-22-20(29-12)28-11-19(25)24-15(17-7-4-8-26-17)10-14(23-24)18-9-13-5-2-3-6-16(13)27-18/h2-9,15H,10-11H2,1H3. The lowest BCUT2D eigenvalue weighted by atomic mass is 10.1. The number of thioether (sulfide) groups is 1. The number of amides is 1. The number of aryl methyl sites for hydroxylation is 1. The number of carbonyl (C=O) groups excluding carboxylic acids is 1. The molecule has 0 N–H and O–H groups in total. The minimum absolute atomic E-state index is 0.115. The Morgan fingerprint density at radius 2 is 2.17 bits per heavy atom. The van der Waals surface area contributed by atoms with Crippen LogP contribution >= 0.6 is 23.1 Å². The van der Waals surface area contributed by atoms with Crippen molar-refractivity contribution in [2.24, 2.45) is 5.10 Å². The Labute approximate surface area is 174 Å². The lowest BCUT2D eigenvalue weighted by Gasteiger charge is -2.19. The fourth-order valence-electron chi connectivity index (χ4n) is 3.24. The number of aromatic nitrogens is 2. The van der Waals surface area contributed by atoms with Crippen LogP contribution < -0.4 is 0 Å². The summed E-state index contributed by atoms with van der Waals surface area (Å²) in [6, 6.07) is 13.1. The molecule has 1 aromatic carbocycles. The monoisotopic (exact) mass is 424 g/mol. The van der Waals surface area contributed by atoms with Gasteiger partial charge in [0.1, 0.15) is 28.1 Å². The van der Waals surface area contributed by atoms with Crippen LogP contribution in [0.3, 0.4) is 0 Å². The Balaban J connectivity index is 1.42. The lowest BCUT2D eigenvalue weighted by molar-refractivity contribution is -0.130. The maximum absolute atomic E-state index is 13.0. The number of benzene rings is 1. The van der Waals surface area contributed by atoms with Gasteiger partial charge in [-0.1, -0.05) is 41.3 Å². The molecule has 3 aromatic heterocycles. The van der Waals surface area contributed by atoms with Gasteiger partial charge in [0.15, 0.2) is 10.1 Å². The van der Waals surface area contributed by atoms with Crippen LogP contribution in [0, 0.1) is 6.92 Å². The fraction of sp³-hybridized carbons (Fsp3) is 0.200. The number of rotatable bonds is 5. The average molecular weight is 425 g/mol. The summed E-state index contributed by atoms with van der Waals surface area (Å²) < 4.78 is 12.3. The molecule has 1 aliphatic heterocycles. The molecule has 0 aliphatic carbocycles. The number of para-hydroxylation sites is 1. The van der Waals surface area contributed by atoms with Crippen molar-refractivity contribution in [3.63, 3.8) is 0 Å². The van der Waals surface area contributed by atoms with Crippen LogP contribution in [0.4, 0.5) is 0 Å². The maximum Gasteiger partial charge on any atom is 0.253 e. The molecule has 0 fully saturated rings. The van der Waals surface area contributed by atoms with Gasteiger partial charge >= 0.3 is 0 Å². The van der Waals surface area contributed by atoms with Crippen molar-refractivity contribution in [2.45, 2.75) is 23.7 Å². The summed E-state index contributed by atoms with van der Waals surface area (Å²) in [4.78, 5) is 13.0. The van der Waals surface area contributed by atoms with Gasteiger partial charge in [0.25, 0.3) is 5.91 Å². The molecule has 5 rings (SSSR count). The summed E-state index contributed by atoms with van der Waals surface area (Å²) in [7, 11) is 0. The van der Waals surface area contributed by atoms with E-state index in [2.05, 4.69) is 15.3 Å². The third-order valence-corrected chi connectivity index (χ3v) is 6.53. The maximum atomic E-state index is 13.0. The molecule has 4 aromatic rings. The summed E-state index contributed by atoms with van der Waals surface area (Å²) in [5.74, 6) is 1.48. The molecule has 1 amide bonds. The number of hydrazone groups is 1. The Morgan fingerprint density at radius 1 is 1.28 bits per heavy atom. The van der Waals surface area contributed by atoms with Crippen LogP contribution in [-0.2, 0) is 4.79 Å². The zero-order valence-corrected chi connectivity index (χ0v) is 17.1. The van der Waals surface area contributed by atoms with Gasteiger partial charge in [-0.25, -0.2) is 5.01 Å². The van der Waals surface area contributed by atoms with E-state index in [1.807, 2.05) is 49.4 Å². The Kier molecular flexibility index (Phi) is 4.69. The van der Waals surface area contributed by atoms with Crippen molar-refractivity contribution in [3.05, 3.63) is 65.3 Å². The number of hydrogen-bond donors (Lipinski definition) is 0. The SMILES string of the molecule is Cc1nnc(SCC(=O)N2N=C(c3cc4ccccc4o3)CC2c2ccco2)s1. The normalized spacial score (nSPS) is 16.5. The van der Waals surface area contributed by atoms with Crippen molar-refractivity contribution in [1.82, 2.24) is 15.2 Å². The zero-order chi connectivity index (χ0) is 19.8. The van der Waals surface area contributed by atoms with Gasteiger partial charge < -0.3 is 8.83 Å². The van der Waals surface area contributed by atoms with Crippen molar-refractivity contribution >= 4 is 45.7 Å². The molecule has 7 nitrogen and oxygen atoms in total. The molecular formula is C20H16N4O3S2. The Bertz CT molecular complexity index is 1160. The van der Waals surface area contributed by atoms with Gasteiger partial charge in [-0.15, -0.1) is 10.2 Å². The summed E-state index contributed by atoms with van der Waals surface area (Å²) in [5, 5.41) is 16.0. The molecule has 0 spiro atoms. The van der Waals surface area contributed by atoms with Crippen LogP contribution in [0.25, 0.3) is 11.0 Å². The second kappa shape index (κ2) is 7.49. The van der Waals surface area contributed by atoms with Gasteiger partial charge in [-0.2, -0.15) is 5.10 Å². The number of furan rings is 2. The van der Waals surface area contributed by atoms with E-state index in [0.717, 1.165) is 26.0 Å². The van der Waals surface area contributed by atoms with Crippen LogP contribution in [0.5, 0.6) is 0 Å². The quantitative estimate of drug-likeness (QED) is 0.433. The smallest absolute Gasteiger partial charge is 0.253 e. The number of carbonyl (C=O) groups is 1. The molecule has 4 heterocycles. The third kappa shape index (κ3) is 3.58. The first-order chi connectivity index (χ1) is 14.2. The molecule has 0 bridgehead atoms. The second-order valence-corrected chi connectivity index (χ2v) is 8.95. The predicted octanol–water partition coefficient (Wildman–Crippen LogP) is 4.66. The molecule has 1 aliphatic rings. The van der Waals surface area contributed by atoms with Gasteiger partial charge in [0.05, 0.1) is 12.0 Å². The molecule has 1 atom stereocenters. The highest BCUT2D eigenvalue weighted by atomic mass is 32.2. The van der Waals surface area contributed by atoms with E-state index in [0.29, 0.717) is 17.9 Å². The van der Waals surface area contributed by atoms with E-state index in [1.54, 1.807) is 6.26 Å². The largest absolute Gasteiger partial charge is 0.467 e. The van der Waals surface area contributed by atoms with Gasteiger partial charge in [0.2, 0.25) is 0 Å². The first kappa shape index (κ1) is 18.1. The van der Waals surface area contributed by atoms with E-state index >= 15 is 0 Å². The molecule has 0 radical (unpaired) electrons. The Hall–Kier alpha value is -2.91. The van der Waals surface area contributed by atoms with Gasteiger partial charge in [-0.05, 0) is 31.2 Å². The summed E-state index contributed by atoms with van der Waals surface area (Å²) in [6.07, 6.45) is 2.14. The molecule has 146 valence electrons. The predicted molar refractivity (Wildman–Crippen MR) is 111 cm³/mol. The minimum Gasteiger partial charge on any atom is -0.467 e.